The van der Waals surface area contributed by atoms with E-state index in [9.17, 15) is 13.5 Å². The first-order valence-corrected chi connectivity index (χ1v) is 7.85. The highest BCUT2D eigenvalue weighted by Crippen LogP contribution is 2.23. The summed E-state index contributed by atoms with van der Waals surface area (Å²) in [5.41, 5.74) is -1.27. The molecule has 108 valence electrons. The third kappa shape index (κ3) is 3.17. The lowest BCUT2D eigenvalue weighted by Gasteiger charge is -2.22. The number of nitrogens with one attached hydrogen (secondary N) is 1. The van der Waals surface area contributed by atoms with Crippen molar-refractivity contribution >= 4 is 15.7 Å². The molecule has 0 saturated heterocycles. The van der Waals surface area contributed by atoms with E-state index in [1.165, 1.54) is 18.5 Å². The van der Waals surface area contributed by atoms with Crippen molar-refractivity contribution in [2.75, 3.05) is 18.1 Å². The topological polar surface area (TPSA) is 92.4 Å². The van der Waals surface area contributed by atoms with Crippen LogP contribution >= 0.6 is 0 Å². The first-order valence-electron chi connectivity index (χ1n) is 5.96. The Morgan fingerprint density at radius 2 is 2.15 bits per heavy atom. The van der Waals surface area contributed by atoms with Crippen LogP contribution in [0.25, 0.3) is 0 Å². The van der Waals surface area contributed by atoms with Gasteiger partial charge >= 0.3 is 0 Å². The smallest absolute Gasteiger partial charge is 0.179 e. The number of aromatic nitrogens is 1. The number of sulfone groups is 1. The van der Waals surface area contributed by atoms with Crippen LogP contribution in [0.3, 0.4) is 0 Å². The molecule has 0 aromatic carbocycles. The molecule has 2 heterocycles. The molecule has 0 aliphatic rings. The second kappa shape index (κ2) is 5.26. The third-order valence-corrected chi connectivity index (χ3v) is 3.95. The number of nitrogens with zero attached hydrogens (tertiary/aromatic N) is 1. The minimum Gasteiger partial charge on any atom is -0.466 e. The van der Waals surface area contributed by atoms with Crippen molar-refractivity contribution < 1.29 is 17.9 Å². The van der Waals surface area contributed by atoms with Crippen molar-refractivity contribution in [1.29, 1.82) is 0 Å². The normalized spacial score (nSPS) is 14.8. The summed E-state index contributed by atoms with van der Waals surface area (Å²) >= 11 is 0. The molecule has 0 radical (unpaired) electrons. The van der Waals surface area contributed by atoms with Crippen LogP contribution in [0, 0.1) is 0 Å². The second-order valence-electron chi connectivity index (χ2n) is 4.73. The van der Waals surface area contributed by atoms with Crippen LogP contribution in [0.15, 0.2) is 46.0 Å². The zero-order chi connectivity index (χ0) is 14.8. The van der Waals surface area contributed by atoms with Crippen LogP contribution in [0.4, 0.5) is 5.82 Å². The van der Waals surface area contributed by atoms with Gasteiger partial charge in [0.05, 0.1) is 12.8 Å². The second-order valence-corrected chi connectivity index (χ2v) is 6.71. The molecule has 2 aromatic heterocycles. The van der Waals surface area contributed by atoms with Crippen LogP contribution in [0.1, 0.15) is 12.7 Å². The van der Waals surface area contributed by atoms with Crippen molar-refractivity contribution in [3.8, 4) is 0 Å². The fraction of sp³-hybridized carbons (Fsp3) is 0.308. The number of furan rings is 1. The molecule has 20 heavy (non-hydrogen) atoms. The van der Waals surface area contributed by atoms with Gasteiger partial charge in [0.2, 0.25) is 0 Å². The first-order chi connectivity index (χ1) is 9.31. The fourth-order valence-electron chi connectivity index (χ4n) is 1.75. The van der Waals surface area contributed by atoms with E-state index in [0.29, 0.717) is 5.76 Å². The molecule has 0 bridgehead atoms. The molecule has 1 unspecified atom stereocenters. The summed E-state index contributed by atoms with van der Waals surface area (Å²) in [5, 5.41) is 13.1. The molecule has 2 rings (SSSR count). The van der Waals surface area contributed by atoms with Crippen molar-refractivity contribution in [2.24, 2.45) is 0 Å². The van der Waals surface area contributed by atoms with Gasteiger partial charge in [-0.25, -0.2) is 13.4 Å². The Kier molecular flexibility index (Phi) is 3.82. The maximum Gasteiger partial charge on any atom is 0.179 e. The first kappa shape index (κ1) is 14.5. The summed E-state index contributed by atoms with van der Waals surface area (Å²) in [6.07, 6.45) is 4.06. The van der Waals surface area contributed by atoms with Gasteiger partial charge in [0.1, 0.15) is 22.1 Å². The minimum absolute atomic E-state index is 0.0695. The molecule has 0 aliphatic heterocycles. The van der Waals surface area contributed by atoms with Crippen molar-refractivity contribution in [3.05, 3.63) is 42.5 Å². The standard InChI is InChI=1S/C13H16N2O4S/c1-13(16,11-6-4-8-19-11)9-15-12-10(20(2,17)18)5-3-7-14-12/h3-8,16H,9H2,1-2H3,(H,14,15). The minimum atomic E-state index is -3.39. The van der Waals surface area contributed by atoms with E-state index in [1.54, 1.807) is 25.1 Å². The Bertz CT molecular complexity index is 678. The molecule has 1 atom stereocenters. The average Bonchev–Trinajstić information content (AvgIpc) is 2.90. The van der Waals surface area contributed by atoms with E-state index in [4.69, 9.17) is 4.42 Å². The van der Waals surface area contributed by atoms with Crippen LogP contribution in [-0.2, 0) is 15.4 Å². The predicted molar refractivity (Wildman–Crippen MR) is 74.1 cm³/mol. The largest absolute Gasteiger partial charge is 0.466 e. The van der Waals surface area contributed by atoms with Crippen molar-refractivity contribution in [2.45, 2.75) is 17.4 Å². The van der Waals surface area contributed by atoms with Gasteiger partial charge in [0.25, 0.3) is 0 Å². The third-order valence-electron chi connectivity index (χ3n) is 2.82. The maximum absolute atomic E-state index is 11.6. The van der Waals surface area contributed by atoms with Crippen LogP contribution in [-0.4, -0.2) is 31.3 Å². The van der Waals surface area contributed by atoms with Gasteiger partial charge in [-0.2, -0.15) is 0 Å². The Hall–Kier alpha value is -1.86. The maximum atomic E-state index is 11.6. The Labute approximate surface area is 117 Å². The number of aliphatic hydroxyl groups is 1. The SMILES string of the molecule is CC(O)(CNc1ncccc1S(C)(=O)=O)c1ccco1. The lowest BCUT2D eigenvalue weighted by molar-refractivity contribution is 0.0475. The summed E-state index contributed by atoms with van der Waals surface area (Å²) in [4.78, 5) is 4.09. The van der Waals surface area contributed by atoms with Gasteiger partial charge in [-0.1, -0.05) is 0 Å². The van der Waals surface area contributed by atoms with Gasteiger partial charge in [-0.3, -0.25) is 0 Å². The predicted octanol–water partition coefficient (Wildman–Crippen LogP) is 1.40. The van der Waals surface area contributed by atoms with E-state index >= 15 is 0 Å². The van der Waals surface area contributed by atoms with E-state index in [-0.39, 0.29) is 17.3 Å². The van der Waals surface area contributed by atoms with Crippen LogP contribution in [0.5, 0.6) is 0 Å². The summed E-state index contributed by atoms with van der Waals surface area (Å²) in [7, 11) is -3.39. The molecule has 7 heteroatoms. The van der Waals surface area contributed by atoms with E-state index in [1.807, 2.05) is 0 Å². The molecule has 2 aromatic rings. The van der Waals surface area contributed by atoms with Crippen LogP contribution < -0.4 is 5.32 Å². The van der Waals surface area contributed by atoms with Gasteiger partial charge in [-0.15, -0.1) is 0 Å². The Morgan fingerprint density at radius 3 is 2.75 bits per heavy atom. The van der Waals surface area contributed by atoms with Gasteiger partial charge < -0.3 is 14.8 Å². The summed E-state index contributed by atoms with van der Waals surface area (Å²) in [6.45, 7) is 1.64. The lowest BCUT2D eigenvalue weighted by atomic mass is 10.0. The van der Waals surface area contributed by atoms with Crippen LogP contribution in [0.2, 0.25) is 0 Å². The van der Waals surface area contributed by atoms with E-state index < -0.39 is 15.4 Å². The zero-order valence-electron chi connectivity index (χ0n) is 11.2. The highest BCUT2D eigenvalue weighted by atomic mass is 32.2. The zero-order valence-corrected chi connectivity index (χ0v) is 12.0. The van der Waals surface area contributed by atoms with Gasteiger partial charge in [0, 0.05) is 12.5 Å². The molecular weight excluding hydrogens is 280 g/mol. The molecular formula is C13H16N2O4S. The van der Waals surface area contributed by atoms with Crippen molar-refractivity contribution in [3.63, 3.8) is 0 Å². The molecule has 0 fully saturated rings. The Morgan fingerprint density at radius 1 is 1.40 bits per heavy atom. The fourth-order valence-corrected chi connectivity index (χ4v) is 2.55. The average molecular weight is 296 g/mol. The molecule has 2 N–H and O–H groups in total. The number of anilines is 1. The quantitative estimate of drug-likeness (QED) is 0.866. The molecule has 0 saturated carbocycles. The van der Waals surface area contributed by atoms with E-state index in [0.717, 1.165) is 6.26 Å². The summed E-state index contributed by atoms with van der Waals surface area (Å²) < 4.78 is 28.4. The monoisotopic (exact) mass is 296 g/mol. The van der Waals surface area contributed by atoms with Gasteiger partial charge in [-0.05, 0) is 31.2 Å². The summed E-state index contributed by atoms with van der Waals surface area (Å²) in [5.74, 6) is 0.601. The highest BCUT2D eigenvalue weighted by molar-refractivity contribution is 7.90. The number of hydrogen-bond donors (Lipinski definition) is 2. The number of rotatable bonds is 5. The van der Waals surface area contributed by atoms with Gasteiger partial charge in [0.15, 0.2) is 9.84 Å². The summed E-state index contributed by atoms with van der Waals surface area (Å²) in [6, 6.07) is 6.34. The van der Waals surface area contributed by atoms with Crippen molar-refractivity contribution in [1.82, 2.24) is 4.98 Å². The molecule has 0 aliphatic carbocycles. The number of pyridine rings is 1. The molecule has 6 nitrogen and oxygen atoms in total. The van der Waals surface area contributed by atoms with E-state index in [2.05, 4.69) is 10.3 Å². The molecule has 0 spiro atoms. The highest BCUT2D eigenvalue weighted by Gasteiger charge is 2.27. The molecule has 0 amide bonds. The lowest BCUT2D eigenvalue weighted by Crippen LogP contribution is -2.30. The Balaban J connectivity index is 2.20. The number of hydrogen-bond acceptors (Lipinski definition) is 6.